The molecule has 0 saturated carbocycles. The maximum absolute atomic E-state index is 8.05. The molecule has 13 aromatic carbocycles. The van der Waals surface area contributed by atoms with Crippen molar-refractivity contribution in [3.8, 4) is 61.3 Å². The van der Waals surface area contributed by atoms with E-state index >= 15 is 0 Å². The zero-order valence-corrected chi connectivity index (χ0v) is 37.5. The van der Waals surface area contributed by atoms with Gasteiger partial charge < -0.3 is 4.57 Å². The van der Waals surface area contributed by atoms with E-state index < -0.39 is 0 Å². The largest absolute Gasteiger partial charge is 0.309 e. The van der Waals surface area contributed by atoms with Crippen LogP contribution in [0, 0.1) is 6.57 Å². The molecule has 2 nitrogen and oxygen atoms in total. The highest BCUT2D eigenvalue weighted by Gasteiger charge is 2.22. The Hall–Kier alpha value is -9.29. The minimum Gasteiger partial charge on any atom is -0.309 e. The minimum atomic E-state index is 0.676. The van der Waals surface area contributed by atoms with Crippen LogP contribution >= 0.6 is 0 Å². The van der Waals surface area contributed by atoms with Gasteiger partial charge in [0, 0.05) is 16.5 Å². The molecule has 69 heavy (non-hydrogen) atoms. The van der Waals surface area contributed by atoms with Gasteiger partial charge in [0.15, 0.2) is 5.69 Å². The Bertz CT molecular complexity index is 4340. The summed E-state index contributed by atoms with van der Waals surface area (Å²) in [7, 11) is 0. The van der Waals surface area contributed by atoms with Crippen molar-refractivity contribution >= 4 is 81.4 Å². The number of rotatable bonds is 6. The van der Waals surface area contributed by atoms with E-state index in [0.29, 0.717) is 5.69 Å². The van der Waals surface area contributed by atoms with Crippen molar-refractivity contribution in [1.82, 2.24) is 4.57 Å². The smallest absolute Gasteiger partial charge is 0.195 e. The second-order valence-electron chi connectivity index (χ2n) is 18.2. The molecule has 0 radical (unpaired) electrons. The number of aromatic nitrogens is 1. The van der Waals surface area contributed by atoms with Crippen LogP contribution in [0.1, 0.15) is 0 Å². The number of hydrogen-bond donors (Lipinski definition) is 0. The third-order valence-electron chi connectivity index (χ3n) is 14.6. The van der Waals surface area contributed by atoms with Crippen LogP contribution in [0.3, 0.4) is 0 Å². The molecule has 2 heteroatoms. The zero-order chi connectivity index (χ0) is 45.6. The van der Waals surface area contributed by atoms with Crippen LogP contribution in [0.5, 0.6) is 0 Å². The van der Waals surface area contributed by atoms with Gasteiger partial charge in [-0.05, 0) is 134 Å². The molecule has 318 valence electrons. The maximum atomic E-state index is 8.05. The van der Waals surface area contributed by atoms with Crippen molar-refractivity contribution in [2.24, 2.45) is 0 Å². The van der Waals surface area contributed by atoms with Crippen molar-refractivity contribution in [3.63, 3.8) is 0 Å². The van der Waals surface area contributed by atoms with E-state index in [1.807, 2.05) is 6.07 Å². The molecule has 0 amide bonds. The average Bonchev–Trinajstić information content (AvgIpc) is 3.77. The van der Waals surface area contributed by atoms with Crippen molar-refractivity contribution < 1.29 is 0 Å². The van der Waals surface area contributed by atoms with Gasteiger partial charge in [0.1, 0.15) is 0 Å². The highest BCUT2D eigenvalue weighted by Crippen LogP contribution is 2.49. The summed E-state index contributed by atoms with van der Waals surface area (Å²) in [6.45, 7) is 8.05. The SMILES string of the molecule is [C-]#[N+]c1ccc2c3c1ccc1c(-c4ccc(-c5ccc(-c6c7ccccc7c(-c7cccc8ccccc78)c7ccccc67)c6ccccc56)cc4)ccc(c13)n2-c1ccc(-c2ccccc2)cc1. The summed E-state index contributed by atoms with van der Waals surface area (Å²) >= 11 is 0. The molecule has 0 spiro atoms. The Balaban J connectivity index is 0.893. The van der Waals surface area contributed by atoms with Gasteiger partial charge in [-0.2, -0.15) is 0 Å². The molecule has 14 aromatic rings. The zero-order valence-electron chi connectivity index (χ0n) is 37.5. The normalized spacial score (nSPS) is 11.8. The van der Waals surface area contributed by atoms with Crippen molar-refractivity contribution in [2.75, 3.05) is 0 Å². The molecule has 0 aliphatic carbocycles. The standard InChI is InChI=1S/C67H40N2/c1-68-61-39-41-63-67-60(61)37-36-58-50(38-40-62(66(58)67)69(63)47-32-30-43(31-33-47)42-14-3-2-4-15-42)46-28-26-45(27-29-46)49-34-35-59(52-20-8-7-19-51(49)52)65-56-23-11-9-21-54(56)64(55-22-10-12-24-57(55)65)53-25-13-17-44-16-5-6-18-48(44)53/h2-41H. The quantitative estimate of drug-likeness (QED) is 0.0895. The Morgan fingerprint density at radius 2 is 0.710 bits per heavy atom. The van der Waals surface area contributed by atoms with Gasteiger partial charge in [-0.1, -0.05) is 218 Å². The fourth-order valence-corrected chi connectivity index (χ4v) is 11.6. The summed E-state index contributed by atoms with van der Waals surface area (Å²) in [5.41, 5.74) is 16.1. The summed E-state index contributed by atoms with van der Waals surface area (Å²) in [5, 5.41) is 14.5. The van der Waals surface area contributed by atoms with Gasteiger partial charge in [-0.25, -0.2) is 4.85 Å². The van der Waals surface area contributed by atoms with Gasteiger partial charge >= 0.3 is 0 Å². The lowest BCUT2D eigenvalue weighted by atomic mass is 9.83. The number of fused-ring (bicyclic) bond motifs is 4. The van der Waals surface area contributed by atoms with Gasteiger partial charge in [-0.15, -0.1) is 0 Å². The molecular formula is C67H40N2. The fraction of sp³-hybridized carbons (Fsp3) is 0. The van der Waals surface area contributed by atoms with Crippen molar-refractivity contribution in [1.29, 1.82) is 0 Å². The van der Waals surface area contributed by atoms with Crippen LogP contribution in [0.15, 0.2) is 243 Å². The first-order valence-corrected chi connectivity index (χ1v) is 23.6. The fourth-order valence-electron chi connectivity index (χ4n) is 11.6. The van der Waals surface area contributed by atoms with E-state index in [-0.39, 0.29) is 0 Å². The molecule has 1 aromatic heterocycles. The maximum Gasteiger partial charge on any atom is 0.195 e. The van der Waals surface area contributed by atoms with Crippen LogP contribution in [0.2, 0.25) is 0 Å². The van der Waals surface area contributed by atoms with E-state index in [9.17, 15) is 0 Å². The van der Waals surface area contributed by atoms with Crippen LogP contribution in [0.25, 0.3) is 142 Å². The lowest BCUT2D eigenvalue weighted by molar-refractivity contribution is 1.18. The summed E-state index contributed by atoms with van der Waals surface area (Å²) in [4.78, 5) is 3.96. The van der Waals surface area contributed by atoms with Gasteiger partial charge in [-0.3, -0.25) is 0 Å². The Morgan fingerprint density at radius 1 is 0.275 bits per heavy atom. The van der Waals surface area contributed by atoms with Crippen LogP contribution < -0.4 is 0 Å². The first-order valence-electron chi connectivity index (χ1n) is 23.6. The molecule has 0 unspecified atom stereocenters. The first-order chi connectivity index (χ1) is 34.2. The van der Waals surface area contributed by atoms with E-state index in [0.717, 1.165) is 33.1 Å². The molecule has 0 N–H and O–H groups in total. The van der Waals surface area contributed by atoms with Crippen LogP contribution in [-0.2, 0) is 0 Å². The predicted molar refractivity (Wildman–Crippen MR) is 293 cm³/mol. The van der Waals surface area contributed by atoms with E-state index in [4.69, 9.17) is 6.57 Å². The van der Waals surface area contributed by atoms with E-state index in [1.54, 1.807) is 0 Å². The monoisotopic (exact) mass is 872 g/mol. The van der Waals surface area contributed by atoms with E-state index in [2.05, 4.69) is 246 Å². The second kappa shape index (κ2) is 15.4. The summed E-state index contributed by atoms with van der Waals surface area (Å²) < 4.78 is 2.36. The van der Waals surface area contributed by atoms with Gasteiger partial charge in [0.2, 0.25) is 0 Å². The molecule has 0 aliphatic heterocycles. The molecule has 14 rings (SSSR count). The highest BCUT2D eigenvalue weighted by atomic mass is 15.0. The third kappa shape index (κ3) is 5.91. The second-order valence-corrected chi connectivity index (χ2v) is 18.2. The number of hydrogen-bond acceptors (Lipinski definition) is 0. The third-order valence-corrected chi connectivity index (χ3v) is 14.6. The lowest BCUT2D eigenvalue weighted by Crippen LogP contribution is -1.94. The van der Waals surface area contributed by atoms with Crippen molar-refractivity contribution in [2.45, 2.75) is 0 Å². The number of benzene rings is 13. The summed E-state index contributed by atoms with van der Waals surface area (Å²) in [6, 6.07) is 88.4. The Kier molecular flexibility index (Phi) is 8.68. The highest BCUT2D eigenvalue weighted by molar-refractivity contribution is 6.29. The topological polar surface area (TPSA) is 9.29 Å². The molecule has 0 bridgehead atoms. The Labute approximate surface area is 399 Å². The summed E-state index contributed by atoms with van der Waals surface area (Å²) in [5.74, 6) is 0. The molecule has 0 aliphatic rings. The lowest BCUT2D eigenvalue weighted by Gasteiger charge is -2.20. The van der Waals surface area contributed by atoms with Crippen LogP contribution in [0.4, 0.5) is 5.69 Å². The molecule has 1 heterocycles. The predicted octanol–water partition coefficient (Wildman–Crippen LogP) is 18.9. The van der Waals surface area contributed by atoms with Crippen molar-refractivity contribution in [3.05, 3.63) is 254 Å². The molecule has 0 fully saturated rings. The van der Waals surface area contributed by atoms with Crippen LogP contribution in [-0.4, -0.2) is 4.57 Å². The molecule has 0 saturated heterocycles. The molecule has 0 atom stereocenters. The molecular weight excluding hydrogens is 833 g/mol. The number of nitrogens with zero attached hydrogens (tertiary/aromatic N) is 2. The average molecular weight is 873 g/mol. The van der Waals surface area contributed by atoms with Gasteiger partial charge in [0.05, 0.1) is 17.6 Å². The first kappa shape index (κ1) is 38.9. The summed E-state index contributed by atoms with van der Waals surface area (Å²) in [6.07, 6.45) is 0. The van der Waals surface area contributed by atoms with E-state index in [1.165, 1.54) is 104 Å². The minimum absolute atomic E-state index is 0.676. The Morgan fingerprint density at radius 3 is 1.35 bits per heavy atom. The van der Waals surface area contributed by atoms with Gasteiger partial charge in [0.25, 0.3) is 0 Å².